The van der Waals surface area contributed by atoms with E-state index in [4.69, 9.17) is 5.73 Å². The average Bonchev–Trinajstić information content (AvgIpc) is 2.95. The number of nitrogens with two attached hydrogens (primary N) is 1. The lowest BCUT2D eigenvalue weighted by molar-refractivity contribution is -0.121. The van der Waals surface area contributed by atoms with Crippen LogP contribution < -0.4 is 11.1 Å². The second-order valence-corrected chi connectivity index (χ2v) is 5.49. The largest absolute Gasteiger partial charge is 0.354 e. The molecule has 1 aliphatic heterocycles. The number of aromatic nitrogens is 2. The van der Waals surface area contributed by atoms with Crippen molar-refractivity contribution in [2.24, 2.45) is 5.73 Å². The Balaban J connectivity index is 1.94. The third-order valence-corrected chi connectivity index (χ3v) is 3.96. The lowest BCUT2D eigenvalue weighted by Gasteiger charge is -2.35. The molecule has 1 aromatic rings. The summed E-state index contributed by atoms with van der Waals surface area (Å²) >= 11 is 0. The van der Waals surface area contributed by atoms with Crippen LogP contribution in [0.3, 0.4) is 0 Å². The molecule has 1 aromatic heterocycles. The summed E-state index contributed by atoms with van der Waals surface area (Å²) < 4.78 is 26.7. The van der Waals surface area contributed by atoms with Gasteiger partial charge in [0.25, 0.3) is 0 Å². The number of alkyl halides is 2. The summed E-state index contributed by atoms with van der Waals surface area (Å²) in [6.45, 7) is -0.535. The van der Waals surface area contributed by atoms with E-state index in [0.717, 1.165) is 30.4 Å². The molecule has 0 bridgehead atoms. The quantitative estimate of drug-likeness (QED) is 0.790. The number of carbonyl (C=O) groups is 1. The van der Waals surface area contributed by atoms with Crippen LogP contribution in [-0.2, 0) is 11.3 Å². The Bertz CT molecular complexity index is 480. The van der Waals surface area contributed by atoms with Crippen LogP contribution in [0.25, 0.3) is 0 Å². The molecule has 0 radical (unpaired) electrons. The maximum Gasteiger partial charge on any atom is 0.319 e. The van der Waals surface area contributed by atoms with E-state index in [1.807, 2.05) is 0 Å². The summed E-state index contributed by atoms with van der Waals surface area (Å²) in [6.07, 6.45) is 6.05. The Hall–Kier alpha value is -1.54. The number of rotatable bonds is 7. The molecule has 1 aliphatic rings. The number of carbonyl (C=O) groups excluding carboxylic acids is 1. The first-order valence-electron chi connectivity index (χ1n) is 7.62. The molecule has 0 saturated carbocycles. The van der Waals surface area contributed by atoms with Crippen LogP contribution in [0, 0.1) is 0 Å². The van der Waals surface area contributed by atoms with Gasteiger partial charge in [0.15, 0.2) is 0 Å². The first-order chi connectivity index (χ1) is 10.6. The Morgan fingerprint density at radius 2 is 2.32 bits per heavy atom. The molecule has 0 aromatic carbocycles. The van der Waals surface area contributed by atoms with E-state index in [9.17, 15) is 13.6 Å². The normalized spacial score (nSPS) is 19.5. The van der Waals surface area contributed by atoms with Gasteiger partial charge in [0, 0.05) is 37.9 Å². The minimum absolute atomic E-state index is 0.0675. The van der Waals surface area contributed by atoms with E-state index in [-0.39, 0.29) is 11.9 Å². The monoisotopic (exact) mass is 315 g/mol. The van der Waals surface area contributed by atoms with Crippen molar-refractivity contribution in [1.29, 1.82) is 0 Å². The molecular formula is C14H23F2N5O. The van der Waals surface area contributed by atoms with E-state index >= 15 is 0 Å². The van der Waals surface area contributed by atoms with Gasteiger partial charge in [-0.2, -0.15) is 8.78 Å². The van der Waals surface area contributed by atoms with Gasteiger partial charge in [-0.05, 0) is 19.4 Å². The number of halogens is 2. The molecule has 1 amide bonds. The van der Waals surface area contributed by atoms with Crippen molar-refractivity contribution in [2.75, 3.05) is 19.6 Å². The number of amides is 1. The molecule has 1 atom stereocenters. The number of likely N-dealkylation sites (tertiary alicyclic amines) is 1. The average molecular weight is 315 g/mol. The molecule has 22 heavy (non-hydrogen) atoms. The second kappa shape index (κ2) is 8.19. The van der Waals surface area contributed by atoms with Crippen LogP contribution in [0.15, 0.2) is 12.4 Å². The van der Waals surface area contributed by atoms with Crippen LogP contribution in [0.5, 0.6) is 0 Å². The number of piperidine rings is 1. The predicted octanol–water partition coefficient (Wildman–Crippen LogP) is 1.10. The zero-order valence-electron chi connectivity index (χ0n) is 12.5. The van der Waals surface area contributed by atoms with Gasteiger partial charge in [0.1, 0.15) is 5.82 Å². The highest BCUT2D eigenvalue weighted by molar-refractivity contribution is 5.76. The summed E-state index contributed by atoms with van der Waals surface area (Å²) in [5.41, 5.74) is 5.35. The molecule has 3 N–H and O–H groups in total. The Morgan fingerprint density at radius 1 is 1.50 bits per heavy atom. The van der Waals surface area contributed by atoms with Crippen LogP contribution in [0.4, 0.5) is 8.78 Å². The van der Waals surface area contributed by atoms with Crippen LogP contribution in [0.2, 0.25) is 0 Å². The van der Waals surface area contributed by atoms with Crippen molar-refractivity contribution in [2.45, 2.75) is 44.8 Å². The first-order valence-corrected chi connectivity index (χ1v) is 7.62. The summed E-state index contributed by atoms with van der Waals surface area (Å²) in [6, 6.07) is 0.151. The zero-order chi connectivity index (χ0) is 15.9. The minimum atomic E-state index is -2.58. The van der Waals surface area contributed by atoms with Gasteiger partial charge in [0.05, 0.1) is 6.54 Å². The standard InChI is InChI=1S/C14H23F2N5O/c15-14(16)21-8-6-18-12(21)10-20-7-2-1-3-11(20)9-19-13(22)4-5-17/h6,8,11,14H,1-5,7,9-10,17H2,(H,19,22). The second-order valence-electron chi connectivity index (χ2n) is 5.49. The maximum absolute atomic E-state index is 12.9. The van der Waals surface area contributed by atoms with E-state index in [2.05, 4.69) is 15.2 Å². The molecule has 6 nitrogen and oxygen atoms in total. The fourth-order valence-electron chi connectivity index (χ4n) is 2.78. The SMILES string of the molecule is NCCC(=O)NCC1CCCCN1Cc1nccn1C(F)F. The molecule has 8 heteroatoms. The summed E-state index contributed by atoms with van der Waals surface area (Å²) in [5.74, 6) is 0.289. The van der Waals surface area contributed by atoms with Crippen LogP contribution in [-0.4, -0.2) is 46.0 Å². The predicted molar refractivity (Wildman–Crippen MR) is 78.2 cm³/mol. The van der Waals surface area contributed by atoms with Gasteiger partial charge in [-0.25, -0.2) is 4.98 Å². The van der Waals surface area contributed by atoms with Gasteiger partial charge in [-0.1, -0.05) is 6.42 Å². The van der Waals surface area contributed by atoms with Crippen molar-refractivity contribution in [3.8, 4) is 0 Å². The van der Waals surface area contributed by atoms with Crippen molar-refractivity contribution in [3.63, 3.8) is 0 Å². The van der Waals surface area contributed by atoms with Crippen molar-refractivity contribution in [1.82, 2.24) is 19.8 Å². The molecule has 0 spiro atoms. The highest BCUT2D eigenvalue weighted by Crippen LogP contribution is 2.20. The van der Waals surface area contributed by atoms with Crippen molar-refractivity contribution in [3.05, 3.63) is 18.2 Å². The third-order valence-electron chi connectivity index (χ3n) is 3.96. The number of nitrogens with one attached hydrogen (secondary N) is 1. The van der Waals surface area contributed by atoms with E-state index in [0.29, 0.717) is 31.9 Å². The van der Waals surface area contributed by atoms with Gasteiger partial charge < -0.3 is 11.1 Å². The van der Waals surface area contributed by atoms with Gasteiger partial charge in [0.2, 0.25) is 5.91 Å². The molecular weight excluding hydrogens is 292 g/mol. The van der Waals surface area contributed by atoms with Gasteiger partial charge >= 0.3 is 6.55 Å². The Kier molecular flexibility index (Phi) is 6.26. The first kappa shape index (κ1) is 16.8. The minimum Gasteiger partial charge on any atom is -0.354 e. The fraction of sp³-hybridized carbons (Fsp3) is 0.714. The number of imidazole rings is 1. The summed E-state index contributed by atoms with van der Waals surface area (Å²) in [7, 11) is 0. The summed E-state index contributed by atoms with van der Waals surface area (Å²) in [5, 5.41) is 2.86. The summed E-state index contributed by atoms with van der Waals surface area (Å²) in [4.78, 5) is 17.7. The van der Waals surface area contributed by atoms with Crippen LogP contribution in [0.1, 0.15) is 38.1 Å². The van der Waals surface area contributed by atoms with Crippen molar-refractivity contribution < 1.29 is 13.6 Å². The zero-order valence-corrected chi connectivity index (χ0v) is 12.5. The van der Waals surface area contributed by atoms with Gasteiger partial charge in [-0.15, -0.1) is 0 Å². The molecule has 1 fully saturated rings. The van der Waals surface area contributed by atoms with E-state index < -0.39 is 6.55 Å². The lowest BCUT2D eigenvalue weighted by Crippen LogP contribution is -2.46. The smallest absolute Gasteiger partial charge is 0.319 e. The Labute approximate surface area is 128 Å². The van der Waals surface area contributed by atoms with Gasteiger partial charge in [-0.3, -0.25) is 14.3 Å². The number of hydrogen-bond donors (Lipinski definition) is 2. The van der Waals surface area contributed by atoms with E-state index in [1.54, 1.807) is 0 Å². The lowest BCUT2D eigenvalue weighted by atomic mass is 10.0. The Morgan fingerprint density at radius 3 is 3.05 bits per heavy atom. The molecule has 0 aliphatic carbocycles. The van der Waals surface area contributed by atoms with Crippen LogP contribution >= 0.6 is 0 Å². The maximum atomic E-state index is 12.9. The topological polar surface area (TPSA) is 76.2 Å². The number of hydrogen-bond acceptors (Lipinski definition) is 4. The molecule has 124 valence electrons. The molecule has 2 rings (SSSR count). The van der Waals surface area contributed by atoms with E-state index in [1.165, 1.54) is 12.4 Å². The van der Waals surface area contributed by atoms with Crippen molar-refractivity contribution >= 4 is 5.91 Å². The highest BCUT2D eigenvalue weighted by Gasteiger charge is 2.25. The molecule has 2 heterocycles. The molecule has 1 saturated heterocycles. The fourth-order valence-corrected chi connectivity index (χ4v) is 2.78. The molecule has 1 unspecified atom stereocenters. The third kappa shape index (κ3) is 4.48. The highest BCUT2D eigenvalue weighted by atomic mass is 19.3. The number of nitrogens with zero attached hydrogens (tertiary/aromatic N) is 3.